The lowest BCUT2D eigenvalue weighted by Crippen LogP contribution is -2.32. The molecule has 0 radical (unpaired) electrons. The van der Waals surface area contributed by atoms with Gasteiger partial charge in [0.25, 0.3) is 0 Å². The van der Waals surface area contributed by atoms with Crippen LogP contribution in [0.5, 0.6) is 5.75 Å². The number of amides is 2. The Morgan fingerprint density at radius 3 is 1.93 bits per heavy atom. The van der Waals surface area contributed by atoms with Crippen LogP contribution in [0, 0.1) is 0 Å². The minimum Gasteiger partial charge on any atom is -0.494 e. The molecular formula is C23H24N2O2. The maximum Gasteiger partial charge on any atom is 0.319 e. The monoisotopic (exact) mass is 360 g/mol. The molecule has 0 aliphatic carbocycles. The van der Waals surface area contributed by atoms with Crippen LogP contribution < -0.4 is 15.4 Å². The molecule has 0 saturated carbocycles. The lowest BCUT2D eigenvalue weighted by Gasteiger charge is -2.19. The normalized spacial score (nSPS) is 10.4. The second kappa shape index (κ2) is 9.43. The fraction of sp³-hybridized carbons (Fsp3) is 0.174. The molecule has 0 fully saturated rings. The third-order valence-electron chi connectivity index (χ3n) is 4.29. The van der Waals surface area contributed by atoms with Crippen molar-refractivity contribution in [1.82, 2.24) is 5.32 Å². The van der Waals surface area contributed by atoms with Crippen molar-refractivity contribution < 1.29 is 9.53 Å². The quantitative estimate of drug-likeness (QED) is 0.620. The zero-order valence-corrected chi connectivity index (χ0v) is 15.4. The minimum atomic E-state index is -0.226. The summed E-state index contributed by atoms with van der Waals surface area (Å²) in [4.78, 5) is 12.3. The molecule has 4 nitrogen and oxygen atoms in total. The molecule has 0 aliphatic heterocycles. The highest BCUT2D eigenvalue weighted by molar-refractivity contribution is 5.89. The van der Waals surface area contributed by atoms with Crippen molar-refractivity contribution in [3.8, 4) is 5.75 Å². The zero-order chi connectivity index (χ0) is 18.9. The number of rotatable bonds is 7. The zero-order valence-electron chi connectivity index (χ0n) is 15.4. The average molecular weight is 360 g/mol. The summed E-state index contributed by atoms with van der Waals surface area (Å²) in [7, 11) is 0. The van der Waals surface area contributed by atoms with E-state index < -0.39 is 0 Å². The van der Waals surface area contributed by atoms with Crippen LogP contribution in [0.15, 0.2) is 84.9 Å². The Morgan fingerprint density at radius 1 is 0.852 bits per heavy atom. The number of carbonyl (C=O) groups is 1. The van der Waals surface area contributed by atoms with Gasteiger partial charge in [-0.1, -0.05) is 60.7 Å². The molecule has 27 heavy (non-hydrogen) atoms. The SMILES string of the molecule is CCOc1ccc(NC(=O)NCC(c2ccccc2)c2ccccc2)cc1. The topological polar surface area (TPSA) is 50.4 Å². The number of anilines is 1. The van der Waals surface area contributed by atoms with E-state index in [2.05, 4.69) is 34.9 Å². The maximum absolute atomic E-state index is 12.3. The van der Waals surface area contributed by atoms with Gasteiger partial charge in [0.2, 0.25) is 0 Å². The molecule has 0 unspecified atom stereocenters. The summed E-state index contributed by atoms with van der Waals surface area (Å²) in [5.74, 6) is 0.884. The number of nitrogens with one attached hydrogen (secondary N) is 2. The van der Waals surface area contributed by atoms with Crippen molar-refractivity contribution >= 4 is 11.7 Å². The summed E-state index contributed by atoms with van der Waals surface area (Å²) in [6.07, 6.45) is 0. The molecule has 4 heteroatoms. The van der Waals surface area contributed by atoms with Crippen LogP contribution in [0.4, 0.5) is 10.5 Å². The van der Waals surface area contributed by atoms with Crippen LogP contribution >= 0.6 is 0 Å². The van der Waals surface area contributed by atoms with Gasteiger partial charge in [-0.15, -0.1) is 0 Å². The molecule has 0 aromatic heterocycles. The Labute approximate surface area is 160 Å². The second-order valence-electron chi connectivity index (χ2n) is 6.17. The van der Waals surface area contributed by atoms with Crippen molar-refractivity contribution in [2.45, 2.75) is 12.8 Å². The molecule has 3 aromatic carbocycles. The van der Waals surface area contributed by atoms with E-state index in [0.717, 1.165) is 11.4 Å². The van der Waals surface area contributed by atoms with Crippen molar-refractivity contribution in [2.75, 3.05) is 18.5 Å². The highest BCUT2D eigenvalue weighted by Gasteiger charge is 2.15. The van der Waals surface area contributed by atoms with Crippen LogP contribution in [-0.4, -0.2) is 19.2 Å². The van der Waals surface area contributed by atoms with E-state index in [9.17, 15) is 4.79 Å². The van der Waals surface area contributed by atoms with E-state index in [1.165, 1.54) is 11.1 Å². The molecule has 0 spiro atoms. The van der Waals surface area contributed by atoms with E-state index in [1.54, 1.807) is 0 Å². The Balaban J connectivity index is 1.64. The Bertz CT molecular complexity index is 794. The maximum atomic E-state index is 12.3. The van der Waals surface area contributed by atoms with E-state index >= 15 is 0 Å². The summed E-state index contributed by atoms with van der Waals surface area (Å²) in [5.41, 5.74) is 3.07. The first kappa shape index (κ1) is 18.5. The lowest BCUT2D eigenvalue weighted by atomic mass is 9.91. The van der Waals surface area contributed by atoms with Gasteiger partial charge in [-0.05, 0) is 42.3 Å². The third-order valence-corrected chi connectivity index (χ3v) is 4.29. The number of hydrogen-bond acceptors (Lipinski definition) is 2. The first-order valence-corrected chi connectivity index (χ1v) is 9.14. The third kappa shape index (κ3) is 5.35. The highest BCUT2D eigenvalue weighted by Crippen LogP contribution is 2.23. The van der Waals surface area contributed by atoms with Gasteiger partial charge in [0.1, 0.15) is 5.75 Å². The van der Waals surface area contributed by atoms with Gasteiger partial charge in [0, 0.05) is 18.2 Å². The molecule has 2 amide bonds. The predicted molar refractivity (Wildman–Crippen MR) is 109 cm³/mol. The Morgan fingerprint density at radius 2 is 1.41 bits per heavy atom. The molecule has 0 bridgehead atoms. The van der Waals surface area contributed by atoms with Gasteiger partial charge in [0.15, 0.2) is 0 Å². The van der Waals surface area contributed by atoms with Crippen molar-refractivity contribution in [3.63, 3.8) is 0 Å². The smallest absolute Gasteiger partial charge is 0.319 e. The summed E-state index contributed by atoms with van der Waals surface area (Å²) in [6.45, 7) is 3.07. The van der Waals surface area contributed by atoms with Gasteiger partial charge in [-0.25, -0.2) is 4.79 Å². The molecule has 3 rings (SSSR count). The van der Waals surface area contributed by atoms with Crippen LogP contribution in [0.2, 0.25) is 0 Å². The summed E-state index contributed by atoms with van der Waals surface area (Å²) in [6, 6.07) is 27.5. The van der Waals surface area contributed by atoms with Crippen LogP contribution in [0.1, 0.15) is 24.0 Å². The lowest BCUT2D eigenvalue weighted by molar-refractivity contribution is 0.252. The number of urea groups is 1. The average Bonchev–Trinajstić information content (AvgIpc) is 2.71. The van der Waals surface area contributed by atoms with E-state index in [4.69, 9.17) is 4.74 Å². The van der Waals surface area contributed by atoms with Crippen LogP contribution in [-0.2, 0) is 0 Å². The molecule has 138 valence electrons. The molecule has 0 heterocycles. The van der Waals surface area contributed by atoms with Crippen LogP contribution in [0.3, 0.4) is 0 Å². The fourth-order valence-electron chi connectivity index (χ4n) is 2.97. The van der Waals surface area contributed by atoms with Gasteiger partial charge in [0.05, 0.1) is 6.61 Å². The molecule has 0 saturated heterocycles. The minimum absolute atomic E-state index is 0.0958. The van der Waals surface area contributed by atoms with E-state index in [0.29, 0.717) is 13.2 Å². The van der Waals surface area contributed by atoms with E-state index in [-0.39, 0.29) is 11.9 Å². The summed E-state index contributed by atoms with van der Waals surface area (Å²) >= 11 is 0. The summed E-state index contributed by atoms with van der Waals surface area (Å²) < 4.78 is 5.41. The van der Waals surface area contributed by atoms with Crippen LogP contribution in [0.25, 0.3) is 0 Å². The molecule has 2 N–H and O–H groups in total. The Hall–Kier alpha value is -3.27. The number of carbonyl (C=O) groups excluding carboxylic acids is 1. The van der Waals surface area contributed by atoms with E-state index in [1.807, 2.05) is 67.6 Å². The Kier molecular flexibility index (Phi) is 6.47. The largest absolute Gasteiger partial charge is 0.494 e. The van der Waals surface area contributed by atoms with Crippen molar-refractivity contribution in [1.29, 1.82) is 0 Å². The molecule has 3 aromatic rings. The fourth-order valence-corrected chi connectivity index (χ4v) is 2.97. The first-order valence-electron chi connectivity index (χ1n) is 9.14. The van der Waals surface area contributed by atoms with Gasteiger partial charge < -0.3 is 15.4 Å². The summed E-state index contributed by atoms with van der Waals surface area (Å²) in [5, 5.41) is 5.85. The molecule has 0 aliphatic rings. The number of benzene rings is 3. The van der Waals surface area contributed by atoms with Gasteiger partial charge in [-0.3, -0.25) is 0 Å². The molecule has 0 atom stereocenters. The van der Waals surface area contributed by atoms with Gasteiger partial charge in [-0.2, -0.15) is 0 Å². The number of ether oxygens (including phenoxy) is 1. The molecular weight excluding hydrogens is 336 g/mol. The number of hydrogen-bond donors (Lipinski definition) is 2. The standard InChI is InChI=1S/C23H24N2O2/c1-2-27-21-15-13-20(14-16-21)25-23(26)24-17-22(18-9-5-3-6-10-18)19-11-7-4-8-12-19/h3-16,22H,2,17H2,1H3,(H2,24,25,26). The predicted octanol–water partition coefficient (Wildman–Crippen LogP) is 5.04. The van der Waals surface area contributed by atoms with Crippen molar-refractivity contribution in [2.24, 2.45) is 0 Å². The first-order chi connectivity index (χ1) is 13.3. The second-order valence-corrected chi connectivity index (χ2v) is 6.17. The van der Waals surface area contributed by atoms with Gasteiger partial charge >= 0.3 is 6.03 Å². The highest BCUT2D eigenvalue weighted by atomic mass is 16.5. The van der Waals surface area contributed by atoms with Crippen molar-refractivity contribution in [3.05, 3.63) is 96.1 Å².